The molecule has 3 rings (SSSR count). The molecule has 0 aliphatic heterocycles. The Hall–Kier alpha value is -3.31. The highest BCUT2D eigenvalue weighted by molar-refractivity contribution is 6.30. The molecule has 0 aliphatic rings. The molecule has 6 heteroatoms. The van der Waals surface area contributed by atoms with Gasteiger partial charge in [-0.1, -0.05) is 93.4 Å². The van der Waals surface area contributed by atoms with Crippen molar-refractivity contribution in [2.24, 2.45) is 0 Å². The summed E-state index contributed by atoms with van der Waals surface area (Å²) in [5.74, 6) is 0.613. The Balaban J connectivity index is 1.85. The van der Waals surface area contributed by atoms with Crippen molar-refractivity contribution in [3.8, 4) is 5.75 Å². The summed E-state index contributed by atoms with van der Waals surface area (Å²) in [4.78, 5) is 28.7. The summed E-state index contributed by atoms with van der Waals surface area (Å²) < 4.78 is 5.87. The lowest BCUT2D eigenvalue weighted by molar-refractivity contribution is -0.142. The molecule has 37 heavy (non-hydrogen) atoms. The summed E-state index contributed by atoms with van der Waals surface area (Å²) in [6.07, 6.45) is 2.26. The molecule has 0 aromatic heterocycles. The van der Waals surface area contributed by atoms with Gasteiger partial charge in [0.25, 0.3) is 5.91 Å². The van der Waals surface area contributed by atoms with E-state index in [0.29, 0.717) is 29.7 Å². The number of nitrogens with zero attached hydrogens (tertiary/aromatic N) is 1. The van der Waals surface area contributed by atoms with E-state index in [4.69, 9.17) is 16.3 Å². The second kappa shape index (κ2) is 14.4. The van der Waals surface area contributed by atoms with Crippen LogP contribution >= 0.6 is 11.6 Å². The molecule has 1 atom stereocenters. The highest BCUT2D eigenvalue weighted by atomic mass is 35.5. The molecule has 196 valence electrons. The number of halogens is 1. The SMILES string of the molecule is CCCCNC(=O)C(Cc1ccccc1)N(Cc1ccc(Cl)cc1)C(=O)COc1ccc(C(C)C)cc1. The number of carbonyl (C=O) groups is 2. The first kappa shape index (κ1) is 28.3. The Morgan fingerprint density at radius 1 is 0.919 bits per heavy atom. The summed E-state index contributed by atoms with van der Waals surface area (Å²) in [6, 6.07) is 24.2. The number of nitrogens with one attached hydrogen (secondary N) is 1. The van der Waals surface area contributed by atoms with Gasteiger partial charge in [0, 0.05) is 24.5 Å². The quantitative estimate of drug-likeness (QED) is 0.265. The molecule has 0 saturated carbocycles. The maximum Gasteiger partial charge on any atom is 0.261 e. The second-order valence-electron chi connectivity index (χ2n) is 9.51. The van der Waals surface area contributed by atoms with Crippen LogP contribution in [0.3, 0.4) is 0 Å². The first-order valence-electron chi connectivity index (χ1n) is 13.0. The third-order valence-electron chi connectivity index (χ3n) is 6.28. The monoisotopic (exact) mass is 520 g/mol. The molecule has 5 nitrogen and oxygen atoms in total. The predicted octanol–water partition coefficient (Wildman–Crippen LogP) is 6.40. The van der Waals surface area contributed by atoms with E-state index in [1.807, 2.05) is 66.7 Å². The van der Waals surface area contributed by atoms with Crippen molar-refractivity contribution in [2.75, 3.05) is 13.2 Å². The molecule has 3 aromatic rings. The summed E-state index contributed by atoms with van der Waals surface area (Å²) in [6.45, 7) is 7.02. The Labute approximate surface area is 225 Å². The van der Waals surface area contributed by atoms with Gasteiger partial charge in [-0.3, -0.25) is 9.59 Å². The van der Waals surface area contributed by atoms with E-state index in [2.05, 4.69) is 26.1 Å². The van der Waals surface area contributed by atoms with E-state index in [1.165, 1.54) is 5.56 Å². The second-order valence-corrected chi connectivity index (χ2v) is 9.95. The van der Waals surface area contributed by atoms with Crippen molar-refractivity contribution in [3.05, 3.63) is 101 Å². The summed E-state index contributed by atoms with van der Waals surface area (Å²) in [7, 11) is 0. The molecular weight excluding hydrogens is 484 g/mol. The highest BCUT2D eigenvalue weighted by Crippen LogP contribution is 2.20. The molecule has 0 heterocycles. The maximum atomic E-state index is 13.6. The lowest BCUT2D eigenvalue weighted by Gasteiger charge is -2.31. The topological polar surface area (TPSA) is 58.6 Å². The number of carbonyl (C=O) groups excluding carboxylic acids is 2. The average molecular weight is 521 g/mol. The van der Waals surface area contributed by atoms with Crippen LogP contribution in [0.5, 0.6) is 5.75 Å². The molecule has 1 unspecified atom stereocenters. The molecule has 1 N–H and O–H groups in total. The minimum Gasteiger partial charge on any atom is -0.484 e. The van der Waals surface area contributed by atoms with Crippen LogP contribution in [-0.2, 0) is 22.6 Å². The molecule has 0 saturated heterocycles. The van der Waals surface area contributed by atoms with E-state index in [9.17, 15) is 9.59 Å². The van der Waals surface area contributed by atoms with Crippen LogP contribution < -0.4 is 10.1 Å². The molecule has 2 amide bonds. The van der Waals surface area contributed by atoms with Crippen molar-refractivity contribution in [1.82, 2.24) is 10.2 Å². The van der Waals surface area contributed by atoms with Crippen LogP contribution in [0, 0.1) is 0 Å². The molecule has 0 aliphatic carbocycles. The summed E-state index contributed by atoms with van der Waals surface area (Å²) >= 11 is 6.09. The van der Waals surface area contributed by atoms with Crippen LogP contribution in [0.4, 0.5) is 0 Å². The third-order valence-corrected chi connectivity index (χ3v) is 6.53. The van der Waals surface area contributed by atoms with Crippen LogP contribution in [-0.4, -0.2) is 35.9 Å². The van der Waals surface area contributed by atoms with Crippen LogP contribution in [0.15, 0.2) is 78.9 Å². The van der Waals surface area contributed by atoms with Gasteiger partial charge in [-0.2, -0.15) is 0 Å². The van der Waals surface area contributed by atoms with E-state index < -0.39 is 6.04 Å². The lowest BCUT2D eigenvalue weighted by Crippen LogP contribution is -2.51. The maximum absolute atomic E-state index is 13.6. The van der Waals surface area contributed by atoms with E-state index in [-0.39, 0.29) is 25.0 Å². The van der Waals surface area contributed by atoms with Crippen LogP contribution in [0.1, 0.15) is 56.2 Å². The summed E-state index contributed by atoms with van der Waals surface area (Å²) in [5.41, 5.74) is 3.07. The smallest absolute Gasteiger partial charge is 0.261 e. The zero-order valence-electron chi connectivity index (χ0n) is 22.0. The van der Waals surface area contributed by atoms with Gasteiger partial charge in [-0.05, 0) is 53.3 Å². The number of hydrogen-bond donors (Lipinski definition) is 1. The molecule has 0 bridgehead atoms. The van der Waals surface area contributed by atoms with Crippen LogP contribution in [0.2, 0.25) is 5.02 Å². The fourth-order valence-electron chi connectivity index (χ4n) is 4.02. The number of unbranched alkanes of at least 4 members (excludes halogenated alkanes) is 1. The molecule has 3 aromatic carbocycles. The number of rotatable bonds is 13. The van der Waals surface area contributed by atoms with Crippen molar-refractivity contribution in [1.29, 1.82) is 0 Å². The Morgan fingerprint density at radius 2 is 1.59 bits per heavy atom. The minimum absolute atomic E-state index is 0.165. The number of benzene rings is 3. The Morgan fingerprint density at radius 3 is 2.22 bits per heavy atom. The van der Waals surface area contributed by atoms with Gasteiger partial charge in [-0.15, -0.1) is 0 Å². The fourth-order valence-corrected chi connectivity index (χ4v) is 4.15. The van der Waals surface area contributed by atoms with Gasteiger partial charge in [0.2, 0.25) is 5.91 Å². The number of ether oxygens (including phenoxy) is 1. The van der Waals surface area contributed by atoms with Crippen molar-refractivity contribution in [2.45, 2.75) is 58.5 Å². The zero-order chi connectivity index (χ0) is 26.6. The molecule has 0 fully saturated rings. The predicted molar refractivity (Wildman–Crippen MR) is 150 cm³/mol. The van der Waals surface area contributed by atoms with Crippen molar-refractivity contribution < 1.29 is 14.3 Å². The summed E-state index contributed by atoms with van der Waals surface area (Å²) in [5, 5.41) is 3.65. The number of amides is 2. The van der Waals surface area contributed by atoms with Crippen molar-refractivity contribution in [3.63, 3.8) is 0 Å². The Kier molecular flexibility index (Phi) is 11.0. The Bertz CT molecular complexity index is 1120. The van der Waals surface area contributed by atoms with Gasteiger partial charge in [-0.25, -0.2) is 0 Å². The first-order valence-corrected chi connectivity index (χ1v) is 13.3. The minimum atomic E-state index is -0.686. The lowest BCUT2D eigenvalue weighted by atomic mass is 10.0. The van der Waals surface area contributed by atoms with E-state index in [1.54, 1.807) is 17.0 Å². The normalized spacial score (nSPS) is 11.7. The van der Waals surface area contributed by atoms with Gasteiger partial charge < -0.3 is 15.0 Å². The highest BCUT2D eigenvalue weighted by Gasteiger charge is 2.30. The third kappa shape index (κ3) is 8.94. The van der Waals surface area contributed by atoms with E-state index in [0.717, 1.165) is 24.0 Å². The zero-order valence-corrected chi connectivity index (χ0v) is 22.7. The largest absolute Gasteiger partial charge is 0.484 e. The van der Waals surface area contributed by atoms with Crippen molar-refractivity contribution >= 4 is 23.4 Å². The number of hydrogen-bond acceptors (Lipinski definition) is 3. The average Bonchev–Trinajstić information content (AvgIpc) is 2.91. The molecular formula is C31H37ClN2O3. The molecule has 0 spiro atoms. The standard InChI is InChI=1S/C31H37ClN2O3/c1-4-5-19-33-31(36)29(20-24-9-7-6-8-10-24)34(21-25-11-15-27(32)16-12-25)30(35)22-37-28-17-13-26(14-18-28)23(2)3/h6-18,23,29H,4-5,19-22H2,1-3H3,(H,33,36). The fraction of sp³-hybridized carbons (Fsp3) is 0.355. The van der Waals surface area contributed by atoms with Gasteiger partial charge in [0.15, 0.2) is 6.61 Å². The van der Waals surface area contributed by atoms with Gasteiger partial charge >= 0.3 is 0 Å². The van der Waals surface area contributed by atoms with Gasteiger partial charge in [0.1, 0.15) is 11.8 Å². The molecule has 0 radical (unpaired) electrons. The van der Waals surface area contributed by atoms with E-state index >= 15 is 0 Å². The first-order chi connectivity index (χ1) is 17.9. The van der Waals surface area contributed by atoms with Gasteiger partial charge in [0.05, 0.1) is 0 Å². The van der Waals surface area contributed by atoms with Crippen LogP contribution in [0.25, 0.3) is 0 Å².